The van der Waals surface area contributed by atoms with Gasteiger partial charge in [-0.1, -0.05) is 48.5 Å². The zero-order valence-electron chi connectivity index (χ0n) is 20.9. The van der Waals surface area contributed by atoms with Gasteiger partial charge in [-0.05, 0) is 86.9 Å². The average molecular weight is 506 g/mol. The highest BCUT2D eigenvalue weighted by Gasteiger charge is 2.39. The fourth-order valence-electron chi connectivity index (χ4n) is 5.57. The highest BCUT2D eigenvalue weighted by molar-refractivity contribution is 7.90. The van der Waals surface area contributed by atoms with Crippen LogP contribution in [0.15, 0.2) is 77.7 Å². The first kappa shape index (κ1) is 25.0. The molecule has 0 spiro atoms. The maximum Gasteiger partial charge on any atom is 0.134 e. The van der Waals surface area contributed by atoms with Crippen LogP contribution in [0.3, 0.4) is 0 Å². The molecule has 3 aromatic carbocycles. The summed E-state index contributed by atoms with van der Waals surface area (Å²) in [7, 11) is -3.35. The Hall–Kier alpha value is -2.71. The third-order valence-corrected chi connectivity index (χ3v) is 9.10. The van der Waals surface area contributed by atoms with E-state index >= 15 is 0 Å². The van der Waals surface area contributed by atoms with Crippen molar-refractivity contribution in [3.05, 3.63) is 89.5 Å². The molecule has 4 atom stereocenters. The van der Waals surface area contributed by atoms with E-state index in [0.29, 0.717) is 16.9 Å². The molecule has 1 heterocycles. The van der Waals surface area contributed by atoms with Gasteiger partial charge in [-0.15, -0.1) is 0 Å². The van der Waals surface area contributed by atoms with E-state index in [1.54, 1.807) is 38.1 Å². The summed E-state index contributed by atoms with van der Waals surface area (Å²) in [6.07, 6.45) is 3.38. The molecule has 0 saturated heterocycles. The van der Waals surface area contributed by atoms with Crippen molar-refractivity contribution in [1.82, 2.24) is 4.72 Å². The van der Waals surface area contributed by atoms with Crippen molar-refractivity contribution >= 4 is 21.3 Å². The van der Waals surface area contributed by atoms with Crippen molar-refractivity contribution < 1.29 is 14.4 Å². The smallest absolute Gasteiger partial charge is 0.134 e. The van der Waals surface area contributed by atoms with E-state index in [2.05, 4.69) is 46.0 Å². The molecule has 0 amide bonds. The number of rotatable bonds is 5. The molecule has 36 heavy (non-hydrogen) atoms. The molecule has 1 saturated carbocycles. The van der Waals surface area contributed by atoms with Crippen molar-refractivity contribution in [1.29, 1.82) is 4.78 Å². The zero-order valence-corrected chi connectivity index (χ0v) is 21.7. The van der Waals surface area contributed by atoms with Crippen LogP contribution in [0.4, 0.5) is 11.4 Å². The number of fused-ring (bicyclic) bond motifs is 2. The molecule has 4 N–H and O–H groups in total. The molecule has 4 unspecified atom stereocenters. The number of aliphatic hydroxyl groups excluding tert-OH is 1. The Kier molecular flexibility index (Phi) is 6.68. The molecule has 1 aliphatic carbocycles. The summed E-state index contributed by atoms with van der Waals surface area (Å²) in [6, 6.07) is 22.8. The Morgan fingerprint density at radius 1 is 0.917 bits per heavy atom. The number of para-hydroxylation sites is 2. The molecule has 1 aliphatic heterocycles. The van der Waals surface area contributed by atoms with E-state index in [1.807, 2.05) is 12.1 Å². The lowest BCUT2D eigenvalue weighted by atomic mass is 9.86. The number of nitrogens with zero attached hydrogens (tertiary/aromatic N) is 1. The number of aryl methyl sites for hydroxylation is 2. The van der Waals surface area contributed by atoms with Gasteiger partial charge in [-0.25, -0.2) is 13.7 Å². The van der Waals surface area contributed by atoms with Crippen LogP contribution >= 0.6 is 0 Å². The van der Waals surface area contributed by atoms with Gasteiger partial charge in [0.1, 0.15) is 9.92 Å². The SMILES string of the molecule is CC(C)(O)c1ccc(S(=N)(=O)NC2CCCC(N3c4ccccc4CCc4ccccc43)C2O)cc1. The largest absolute Gasteiger partial charge is 0.389 e. The Bertz CT molecular complexity index is 1280. The van der Waals surface area contributed by atoms with Crippen molar-refractivity contribution in [2.24, 2.45) is 0 Å². The molecule has 7 heteroatoms. The van der Waals surface area contributed by atoms with Gasteiger partial charge in [0.2, 0.25) is 0 Å². The van der Waals surface area contributed by atoms with Gasteiger partial charge >= 0.3 is 0 Å². The summed E-state index contributed by atoms with van der Waals surface area (Å²) >= 11 is 0. The highest BCUT2D eigenvalue weighted by atomic mass is 32.2. The maximum absolute atomic E-state index is 13.5. The van der Waals surface area contributed by atoms with E-state index in [4.69, 9.17) is 4.78 Å². The lowest BCUT2D eigenvalue weighted by Crippen LogP contribution is -2.55. The summed E-state index contributed by atoms with van der Waals surface area (Å²) in [5.41, 5.74) is 4.42. The molecule has 3 aromatic rings. The first-order valence-corrected chi connectivity index (χ1v) is 14.2. The predicted molar refractivity (Wildman–Crippen MR) is 144 cm³/mol. The first-order valence-electron chi connectivity index (χ1n) is 12.7. The van der Waals surface area contributed by atoms with Crippen LogP contribution in [0.5, 0.6) is 0 Å². The van der Waals surface area contributed by atoms with Crippen LogP contribution in [0.2, 0.25) is 0 Å². The van der Waals surface area contributed by atoms with Crippen molar-refractivity contribution in [3.63, 3.8) is 0 Å². The number of hydrogen-bond donors (Lipinski definition) is 4. The molecule has 0 radical (unpaired) electrons. The van der Waals surface area contributed by atoms with Crippen molar-refractivity contribution in [2.75, 3.05) is 4.90 Å². The molecular weight excluding hydrogens is 470 g/mol. The topological polar surface area (TPSA) is 96.6 Å². The van der Waals surface area contributed by atoms with Crippen LogP contribution in [0, 0.1) is 4.78 Å². The Labute approximate surface area is 214 Å². The number of hydrogen-bond acceptors (Lipinski definition) is 5. The Morgan fingerprint density at radius 3 is 2.03 bits per heavy atom. The fourth-order valence-corrected chi connectivity index (χ4v) is 6.91. The number of benzene rings is 3. The summed E-state index contributed by atoms with van der Waals surface area (Å²) in [4.78, 5) is 2.62. The van der Waals surface area contributed by atoms with E-state index in [0.717, 1.165) is 37.1 Å². The Morgan fingerprint density at radius 2 is 1.47 bits per heavy atom. The lowest BCUT2D eigenvalue weighted by molar-refractivity contribution is 0.0785. The van der Waals surface area contributed by atoms with Crippen molar-refractivity contribution in [2.45, 2.75) is 74.6 Å². The normalized spacial score (nSPS) is 23.8. The minimum atomic E-state index is -3.35. The number of nitrogens with one attached hydrogen (secondary N) is 2. The summed E-state index contributed by atoms with van der Waals surface area (Å²) in [5, 5.41) is 21.9. The predicted octanol–water partition coefficient (Wildman–Crippen LogP) is 5.04. The van der Waals surface area contributed by atoms with Crippen LogP contribution in [0.25, 0.3) is 0 Å². The molecule has 1 fully saturated rings. The second-order valence-electron chi connectivity index (χ2n) is 10.5. The van der Waals surface area contributed by atoms with Gasteiger partial charge in [-0.2, -0.15) is 0 Å². The molecule has 0 aromatic heterocycles. The average Bonchev–Trinajstić information content (AvgIpc) is 3.02. The maximum atomic E-state index is 13.5. The number of aliphatic hydroxyl groups is 2. The second-order valence-corrected chi connectivity index (χ2v) is 12.3. The monoisotopic (exact) mass is 505 g/mol. The van der Waals surface area contributed by atoms with Crippen molar-refractivity contribution in [3.8, 4) is 0 Å². The van der Waals surface area contributed by atoms with E-state index in [1.165, 1.54) is 11.1 Å². The fraction of sp³-hybridized carbons (Fsp3) is 0.379. The van der Waals surface area contributed by atoms with Gasteiger partial charge in [0, 0.05) is 17.4 Å². The minimum absolute atomic E-state index is 0.204. The second kappa shape index (κ2) is 9.63. The summed E-state index contributed by atoms with van der Waals surface area (Å²) < 4.78 is 25.1. The number of anilines is 2. The summed E-state index contributed by atoms with van der Waals surface area (Å²) in [6.45, 7) is 3.38. The van der Waals surface area contributed by atoms with Crippen LogP contribution < -0.4 is 9.62 Å². The minimum Gasteiger partial charge on any atom is -0.389 e. The third kappa shape index (κ3) is 4.81. The highest BCUT2D eigenvalue weighted by Crippen LogP contribution is 2.41. The Balaban J connectivity index is 1.44. The third-order valence-electron chi connectivity index (χ3n) is 7.53. The standard InChI is InChI=1S/C29H35N3O3S/c1-29(2,34)22-16-18-23(19-17-22)36(30,35)31-24-10-7-13-27(28(24)33)32-25-11-5-3-8-20(25)14-15-21-9-4-6-12-26(21)32/h3-6,8-9,11-12,16-19,24,27-28,33-34H,7,10,13-15H2,1-2H3,(H2,30,31,35). The molecule has 190 valence electrons. The van der Waals surface area contributed by atoms with E-state index in [9.17, 15) is 14.4 Å². The van der Waals surface area contributed by atoms with Crippen LogP contribution in [0.1, 0.15) is 49.8 Å². The van der Waals surface area contributed by atoms with Crippen LogP contribution in [-0.4, -0.2) is 32.6 Å². The van der Waals surface area contributed by atoms with Gasteiger partial charge in [0.25, 0.3) is 0 Å². The lowest BCUT2D eigenvalue weighted by Gasteiger charge is -2.43. The van der Waals surface area contributed by atoms with Gasteiger partial charge in [0.15, 0.2) is 0 Å². The van der Waals surface area contributed by atoms with Gasteiger partial charge < -0.3 is 15.1 Å². The zero-order chi connectivity index (χ0) is 25.5. The molecular formula is C29H35N3O3S. The van der Waals surface area contributed by atoms with Gasteiger partial charge in [-0.3, -0.25) is 0 Å². The molecule has 0 bridgehead atoms. The molecule has 6 nitrogen and oxygen atoms in total. The summed E-state index contributed by atoms with van der Waals surface area (Å²) in [5.74, 6) is 0. The van der Waals surface area contributed by atoms with Crippen LogP contribution in [-0.2, 0) is 28.4 Å². The van der Waals surface area contributed by atoms with E-state index < -0.39 is 27.7 Å². The molecule has 5 rings (SSSR count). The quantitative estimate of drug-likeness (QED) is 0.390. The molecule has 2 aliphatic rings. The first-order chi connectivity index (χ1) is 17.1. The van der Waals surface area contributed by atoms with Gasteiger partial charge in [0.05, 0.1) is 22.6 Å². The van der Waals surface area contributed by atoms with E-state index in [-0.39, 0.29) is 6.04 Å².